The van der Waals surface area contributed by atoms with Gasteiger partial charge in [0, 0.05) is 26.2 Å². The van der Waals surface area contributed by atoms with Gasteiger partial charge < -0.3 is 10.2 Å². The first kappa shape index (κ1) is 20.6. The van der Waals surface area contributed by atoms with Crippen molar-refractivity contribution in [2.24, 2.45) is 0 Å². The summed E-state index contributed by atoms with van der Waals surface area (Å²) in [7, 11) is 0. The van der Waals surface area contributed by atoms with Gasteiger partial charge in [-0.25, -0.2) is 18.7 Å². The quantitative estimate of drug-likeness (QED) is 0.660. The molecule has 1 N–H and O–H groups in total. The van der Waals surface area contributed by atoms with Gasteiger partial charge in [0.25, 0.3) is 5.91 Å². The summed E-state index contributed by atoms with van der Waals surface area (Å²) < 4.78 is 27.9. The van der Waals surface area contributed by atoms with Gasteiger partial charge in [0.2, 0.25) is 0 Å². The van der Waals surface area contributed by atoms with Crippen molar-refractivity contribution >= 4 is 39.0 Å². The summed E-state index contributed by atoms with van der Waals surface area (Å²) in [5, 5.41) is 3.19. The summed E-state index contributed by atoms with van der Waals surface area (Å²) in [4.78, 5) is 27.3. The first-order chi connectivity index (χ1) is 14.5. The Balaban J connectivity index is 1.63. The molecule has 0 bridgehead atoms. The molecule has 3 aromatic rings. The number of thiophene rings is 1. The largest absolute Gasteiger partial charge is 0.353 e. The minimum absolute atomic E-state index is 0.374. The van der Waals surface area contributed by atoms with Crippen LogP contribution in [-0.2, 0) is 0 Å². The van der Waals surface area contributed by atoms with Gasteiger partial charge in [-0.15, -0.1) is 11.3 Å². The van der Waals surface area contributed by atoms with E-state index in [1.807, 2.05) is 6.92 Å². The minimum Gasteiger partial charge on any atom is -0.353 e. The highest BCUT2D eigenvalue weighted by molar-refractivity contribution is 7.20. The molecule has 4 rings (SSSR count). The average molecular weight is 432 g/mol. The lowest BCUT2D eigenvalue weighted by atomic mass is 10.1. The summed E-state index contributed by atoms with van der Waals surface area (Å²) in [5.41, 5.74) is 0.272. The predicted molar refractivity (Wildman–Crippen MR) is 115 cm³/mol. The van der Waals surface area contributed by atoms with E-state index in [4.69, 9.17) is 0 Å². The summed E-state index contributed by atoms with van der Waals surface area (Å²) >= 11 is 1.20. The Labute approximate surface area is 177 Å². The smallest absolute Gasteiger partial charge is 0.266 e. The van der Waals surface area contributed by atoms with Crippen molar-refractivity contribution in [3.8, 4) is 0 Å². The molecular weight excluding hydrogens is 408 g/mol. The molecule has 1 amide bonds. The zero-order valence-electron chi connectivity index (χ0n) is 16.9. The minimum atomic E-state index is -0.812. The van der Waals surface area contributed by atoms with Crippen molar-refractivity contribution in [1.29, 1.82) is 0 Å². The molecule has 158 valence electrons. The molecule has 9 heteroatoms. The number of nitrogens with zero attached hydrogens (tertiary/aromatic N) is 4. The van der Waals surface area contributed by atoms with Crippen LogP contribution in [0.5, 0.6) is 0 Å². The molecular formula is C21H23F2N5OS. The molecule has 1 aromatic carbocycles. The lowest BCUT2D eigenvalue weighted by molar-refractivity contribution is 0.102. The zero-order valence-corrected chi connectivity index (χ0v) is 17.7. The van der Waals surface area contributed by atoms with Crippen molar-refractivity contribution in [2.45, 2.75) is 20.3 Å². The van der Waals surface area contributed by atoms with Crippen LogP contribution in [0.4, 0.5) is 20.3 Å². The van der Waals surface area contributed by atoms with Crippen LogP contribution in [0.15, 0.2) is 24.5 Å². The molecule has 1 fully saturated rings. The molecule has 3 heterocycles. The molecule has 30 heavy (non-hydrogen) atoms. The van der Waals surface area contributed by atoms with Gasteiger partial charge in [0.1, 0.15) is 34.3 Å². The fourth-order valence-corrected chi connectivity index (χ4v) is 4.83. The van der Waals surface area contributed by atoms with Gasteiger partial charge in [0.05, 0.1) is 10.3 Å². The monoisotopic (exact) mass is 431 g/mol. The molecule has 0 aliphatic carbocycles. The van der Waals surface area contributed by atoms with E-state index < -0.39 is 23.2 Å². The van der Waals surface area contributed by atoms with Crippen molar-refractivity contribution in [3.05, 3.63) is 46.6 Å². The highest BCUT2D eigenvalue weighted by Crippen LogP contribution is 2.35. The summed E-state index contributed by atoms with van der Waals surface area (Å²) in [6.07, 6.45) is 2.63. The first-order valence-electron chi connectivity index (χ1n) is 9.96. The highest BCUT2D eigenvalue weighted by atomic mass is 32.1. The SMILES string of the molecule is CCCN1CCN(c2ncnc3sc(C(=O)Nc4c(F)cccc4F)c(C)c23)CC1. The molecule has 1 saturated heterocycles. The van der Waals surface area contributed by atoms with E-state index in [-0.39, 0.29) is 0 Å². The number of aromatic nitrogens is 2. The lowest BCUT2D eigenvalue weighted by Gasteiger charge is -2.35. The standard InChI is InChI=1S/C21H23F2N5OS/c1-3-7-27-8-10-28(11-9-27)19-16-13(2)18(30-21(16)25-12-24-19)20(29)26-17-14(22)5-4-6-15(17)23/h4-6,12H,3,7-11H2,1-2H3,(H,26,29). The Morgan fingerprint density at radius 1 is 1.17 bits per heavy atom. The number of aryl methyl sites for hydroxylation is 1. The number of hydrogen-bond acceptors (Lipinski definition) is 6. The number of carbonyl (C=O) groups is 1. The van der Waals surface area contributed by atoms with E-state index >= 15 is 0 Å². The Morgan fingerprint density at radius 2 is 1.87 bits per heavy atom. The molecule has 0 saturated carbocycles. The van der Waals surface area contributed by atoms with Crippen molar-refractivity contribution < 1.29 is 13.6 Å². The Kier molecular flexibility index (Phi) is 5.92. The number of nitrogens with one attached hydrogen (secondary N) is 1. The normalized spacial score (nSPS) is 15.0. The second kappa shape index (κ2) is 8.61. The van der Waals surface area contributed by atoms with Gasteiger partial charge >= 0.3 is 0 Å². The zero-order chi connectivity index (χ0) is 21.3. The molecule has 0 spiro atoms. The van der Waals surface area contributed by atoms with Crippen LogP contribution in [0.3, 0.4) is 0 Å². The third-order valence-corrected chi connectivity index (χ3v) is 6.52. The van der Waals surface area contributed by atoms with Crippen LogP contribution in [0.25, 0.3) is 10.2 Å². The van der Waals surface area contributed by atoms with Crippen molar-refractivity contribution in [3.63, 3.8) is 0 Å². The molecule has 1 aliphatic heterocycles. The third-order valence-electron chi connectivity index (χ3n) is 5.33. The number of fused-ring (bicyclic) bond motifs is 1. The first-order valence-corrected chi connectivity index (χ1v) is 10.8. The molecule has 1 aliphatic rings. The Morgan fingerprint density at radius 3 is 2.53 bits per heavy atom. The predicted octanol–water partition coefficient (Wildman–Crippen LogP) is 4.06. The van der Waals surface area contributed by atoms with Crippen LogP contribution in [0.2, 0.25) is 0 Å². The summed E-state index contributed by atoms with van der Waals surface area (Å²) in [5.74, 6) is -1.38. The van der Waals surface area contributed by atoms with E-state index in [0.29, 0.717) is 9.71 Å². The lowest BCUT2D eigenvalue weighted by Crippen LogP contribution is -2.46. The Hall–Kier alpha value is -2.65. The molecule has 2 aromatic heterocycles. The maximum Gasteiger partial charge on any atom is 0.266 e. The van der Waals surface area contributed by atoms with Crippen molar-refractivity contribution in [1.82, 2.24) is 14.9 Å². The van der Waals surface area contributed by atoms with Crippen molar-refractivity contribution in [2.75, 3.05) is 42.9 Å². The van der Waals surface area contributed by atoms with Gasteiger partial charge in [-0.1, -0.05) is 13.0 Å². The number of carbonyl (C=O) groups excluding carboxylic acids is 1. The molecule has 0 radical (unpaired) electrons. The van der Waals surface area contributed by atoms with Crippen LogP contribution in [0, 0.1) is 18.6 Å². The second-order valence-electron chi connectivity index (χ2n) is 7.31. The maximum atomic E-state index is 13.9. The van der Waals surface area contributed by atoms with Crippen LogP contribution in [0.1, 0.15) is 28.6 Å². The second-order valence-corrected chi connectivity index (χ2v) is 8.31. The number of piperazine rings is 1. The van der Waals surface area contributed by atoms with E-state index in [1.165, 1.54) is 23.7 Å². The van der Waals surface area contributed by atoms with E-state index in [0.717, 1.165) is 68.0 Å². The van der Waals surface area contributed by atoms with E-state index in [2.05, 4.69) is 32.0 Å². The number of para-hydroxylation sites is 1. The number of hydrogen-bond donors (Lipinski definition) is 1. The number of amides is 1. The Bertz CT molecular complexity index is 1060. The fraction of sp³-hybridized carbons (Fsp3) is 0.381. The number of rotatable bonds is 5. The van der Waals surface area contributed by atoms with Gasteiger partial charge in [-0.05, 0) is 37.6 Å². The van der Waals surface area contributed by atoms with Crippen LogP contribution >= 0.6 is 11.3 Å². The van der Waals surface area contributed by atoms with Gasteiger partial charge in [-0.3, -0.25) is 9.69 Å². The summed E-state index contributed by atoms with van der Waals surface area (Å²) in [6.45, 7) is 8.71. The molecule has 0 atom stereocenters. The van der Waals surface area contributed by atoms with Crippen LogP contribution < -0.4 is 10.2 Å². The molecule has 0 unspecified atom stereocenters. The topological polar surface area (TPSA) is 61.4 Å². The highest BCUT2D eigenvalue weighted by Gasteiger charge is 2.25. The number of anilines is 2. The van der Waals surface area contributed by atoms with Crippen LogP contribution in [-0.4, -0.2) is 53.5 Å². The fourth-order valence-electron chi connectivity index (χ4n) is 3.80. The third kappa shape index (κ3) is 3.87. The number of halogens is 2. The average Bonchev–Trinajstić information content (AvgIpc) is 3.08. The van der Waals surface area contributed by atoms with Gasteiger partial charge in [0.15, 0.2) is 0 Å². The number of benzene rings is 1. The maximum absolute atomic E-state index is 13.9. The molecule has 6 nitrogen and oxygen atoms in total. The van der Waals surface area contributed by atoms with E-state index in [1.54, 1.807) is 0 Å². The van der Waals surface area contributed by atoms with Gasteiger partial charge in [-0.2, -0.15) is 0 Å². The summed E-state index contributed by atoms with van der Waals surface area (Å²) in [6, 6.07) is 3.48. The van der Waals surface area contributed by atoms with E-state index in [9.17, 15) is 13.6 Å².